The van der Waals surface area contributed by atoms with Gasteiger partial charge < -0.3 is 10.5 Å². The molecule has 0 aliphatic rings. The summed E-state index contributed by atoms with van der Waals surface area (Å²) < 4.78 is 4.84. The molecule has 0 aromatic heterocycles. The van der Waals surface area contributed by atoms with E-state index in [4.69, 9.17) is 10.5 Å². The van der Waals surface area contributed by atoms with Crippen molar-refractivity contribution in [3.63, 3.8) is 0 Å². The Kier molecular flexibility index (Phi) is 4.05. The summed E-state index contributed by atoms with van der Waals surface area (Å²) in [4.78, 5) is 22.3. The lowest BCUT2D eigenvalue weighted by molar-refractivity contribution is -0.116. The molecule has 0 radical (unpaired) electrons. The Morgan fingerprint density at radius 2 is 2.06 bits per heavy atom. The molecule has 0 heterocycles. The second-order valence-electron chi connectivity index (χ2n) is 3.51. The van der Waals surface area contributed by atoms with E-state index in [0.717, 1.165) is 5.56 Å². The zero-order valence-electron chi connectivity index (χ0n) is 9.45. The number of hydrogen-bond acceptors (Lipinski definition) is 4. The maximum Gasteiger partial charge on any atom is 0.338 e. The highest BCUT2D eigenvalue weighted by Gasteiger charge is 2.09. The Morgan fingerprint density at radius 1 is 1.38 bits per heavy atom. The lowest BCUT2D eigenvalue weighted by atomic mass is 10.0. The number of nitrogens with two attached hydrogens (primary N) is 1. The summed E-state index contributed by atoms with van der Waals surface area (Å²) in [5.74, 6) is -0.362. The van der Waals surface area contributed by atoms with Gasteiger partial charge in [0.25, 0.3) is 0 Å². The van der Waals surface area contributed by atoms with Crippen molar-refractivity contribution in [3.8, 4) is 0 Å². The van der Waals surface area contributed by atoms with Gasteiger partial charge in [-0.15, -0.1) is 0 Å². The second kappa shape index (κ2) is 5.30. The molecule has 0 atom stereocenters. The molecule has 0 aliphatic carbocycles. The predicted molar refractivity (Wildman–Crippen MR) is 61.2 cm³/mol. The Morgan fingerprint density at radius 3 is 2.56 bits per heavy atom. The van der Waals surface area contributed by atoms with E-state index in [9.17, 15) is 9.59 Å². The molecule has 86 valence electrons. The summed E-state index contributed by atoms with van der Waals surface area (Å²) in [6.07, 6.45) is 0.287. The van der Waals surface area contributed by atoms with Gasteiger partial charge in [-0.05, 0) is 31.5 Å². The quantitative estimate of drug-likeness (QED) is 0.619. The first-order chi connectivity index (χ1) is 7.54. The molecule has 2 N–H and O–H groups in total. The zero-order chi connectivity index (χ0) is 12.1. The van der Waals surface area contributed by atoms with Gasteiger partial charge in [-0.25, -0.2) is 4.79 Å². The number of hydrogen-bond donors (Lipinski definition) is 1. The van der Waals surface area contributed by atoms with Crippen LogP contribution in [0.4, 0.5) is 5.69 Å². The maximum atomic E-state index is 11.4. The van der Waals surface area contributed by atoms with Crippen LogP contribution in [0.2, 0.25) is 0 Å². The highest BCUT2D eigenvalue weighted by Crippen LogP contribution is 2.16. The van der Waals surface area contributed by atoms with Gasteiger partial charge in [0, 0.05) is 12.1 Å². The van der Waals surface area contributed by atoms with Crippen molar-refractivity contribution in [1.82, 2.24) is 0 Å². The average Bonchev–Trinajstić information content (AvgIpc) is 2.20. The van der Waals surface area contributed by atoms with Gasteiger partial charge in [-0.2, -0.15) is 0 Å². The van der Waals surface area contributed by atoms with Crippen LogP contribution >= 0.6 is 0 Å². The van der Waals surface area contributed by atoms with E-state index in [-0.39, 0.29) is 12.2 Å². The first-order valence-corrected chi connectivity index (χ1v) is 5.09. The van der Waals surface area contributed by atoms with Crippen LogP contribution in [-0.4, -0.2) is 18.4 Å². The molecular weight excluding hydrogens is 206 g/mol. The molecule has 0 spiro atoms. The summed E-state index contributed by atoms with van der Waals surface area (Å²) in [5, 5.41) is 0. The van der Waals surface area contributed by atoms with E-state index in [1.54, 1.807) is 19.1 Å². The SMILES string of the molecule is CCOC(=O)c1ccc(CC(C)=O)c(N)c1. The summed E-state index contributed by atoms with van der Waals surface area (Å²) in [5.41, 5.74) is 7.33. The van der Waals surface area contributed by atoms with Crippen LogP contribution in [0.25, 0.3) is 0 Å². The number of ketones is 1. The molecule has 0 saturated carbocycles. The van der Waals surface area contributed by atoms with Crippen LogP contribution < -0.4 is 5.73 Å². The zero-order valence-corrected chi connectivity index (χ0v) is 9.45. The van der Waals surface area contributed by atoms with Gasteiger partial charge >= 0.3 is 5.97 Å². The van der Waals surface area contributed by atoms with Crippen molar-refractivity contribution in [2.75, 3.05) is 12.3 Å². The lowest BCUT2D eigenvalue weighted by Gasteiger charge is -2.06. The fourth-order valence-corrected chi connectivity index (χ4v) is 1.37. The molecule has 1 aromatic carbocycles. The molecule has 0 aliphatic heterocycles. The van der Waals surface area contributed by atoms with Crippen molar-refractivity contribution in [3.05, 3.63) is 29.3 Å². The third-order valence-electron chi connectivity index (χ3n) is 2.10. The first-order valence-electron chi connectivity index (χ1n) is 5.09. The summed E-state index contributed by atoms with van der Waals surface area (Å²) in [6.45, 7) is 3.57. The Hall–Kier alpha value is -1.84. The Labute approximate surface area is 94.4 Å². The monoisotopic (exact) mass is 221 g/mol. The third kappa shape index (κ3) is 3.08. The summed E-state index contributed by atoms with van der Waals surface area (Å²) in [7, 11) is 0. The van der Waals surface area contributed by atoms with E-state index in [1.165, 1.54) is 13.0 Å². The number of carbonyl (C=O) groups is 2. The van der Waals surface area contributed by atoms with E-state index in [0.29, 0.717) is 17.9 Å². The molecule has 0 amide bonds. The molecule has 0 bridgehead atoms. The molecule has 0 unspecified atom stereocenters. The largest absolute Gasteiger partial charge is 0.462 e. The molecular formula is C12H15NO3. The molecule has 4 nitrogen and oxygen atoms in total. The van der Waals surface area contributed by atoms with E-state index in [2.05, 4.69) is 0 Å². The second-order valence-corrected chi connectivity index (χ2v) is 3.51. The van der Waals surface area contributed by atoms with Crippen molar-refractivity contribution >= 4 is 17.4 Å². The third-order valence-corrected chi connectivity index (χ3v) is 2.10. The molecule has 0 saturated heterocycles. The minimum absolute atomic E-state index is 0.0376. The van der Waals surface area contributed by atoms with Gasteiger partial charge in [0.2, 0.25) is 0 Å². The maximum absolute atomic E-state index is 11.4. The standard InChI is InChI=1S/C12H15NO3/c1-3-16-12(15)10-5-4-9(6-8(2)14)11(13)7-10/h4-5,7H,3,6,13H2,1-2H3. The van der Waals surface area contributed by atoms with Gasteiger partial charge in [0.1, 0.15) is 5.78 Å². The Balaban J connectivity index is 2.90. The highest BCUT2D eigenvalue weighted by atomic mass is 16.5. The predicted octanol–water partition coefficient (Wildman–Crippen LogP) is 1.58. The van der Waals surface area contributed by atoms with Gasteiger partial charge in [-0.3, -0.25) is 4.79 Å². The van der Waals surface area contributed by atoms with E-state index < -0.39 is 5.97 Å². The number of Topliss-reactive ketones (excluding diaryl/α,β-unsaturated/α-hetero) is 1. The average molecular weight is 221 g/mol. The Bertz CT molecular complexity index is 413. The molecule has 0 fully saturated rings. The summed E-state index contributed by atoms with van der Waals surface area (Å²) in [6, 6.07) is 4.84. The molecule has 1 aromatic rings. The van der Waals surface area contributed by atoms with Crippen LogP contribution in [0.5, 0.6) is 0 Å². The minimum Gasteiger partial charge on any atom is -0.462 e. The fraction of sp³-hybridized carbons (Fsp3) is 0.333. The number of nitrogen functional groups attached to an aromatic ring is 1. The number of anilines is 1. The number of carbonyl (C=O) groups excluding carboxylic acids is 2. The van der Waals surface area contributed by atoms with Crippen molar-refractivity contribution < 1.29 is 14.3 Å². The van der Waals surface area contributed by atoms with Crippen molar-refractivity contribution in [1.29, 1.82) is 0 Å². The van der Waals surface area contributed by atoms with E-state index >= 15 is 0 Å². The van der Waals surface area contributed by atoms with Crippen molar-refractivity contribution in [2.24, 2.45) is 0 Å². The minimum atomic E-state index is -0.399. The van der Waals surface area contributed by atoms with Crippen molar-refractivity contribution in [2.45, 2.75) is 20.3 Å². The number of ether oxygens (including phenoxy) is 1. The van der Waals surface area contributed by atoms with Crippen LogP contribution in [0.3, 0.4) is 0 Å². The van der Waals surface area contributed by atoms with E-state index in [1.807, 2.05) is 0 Å². The van der Waals surface area contributed by atoms with Crippen LogP contribution in [0, 0.1) is 0 Å². The van der Waals surface area contributed by atoms with Crippen LogP contribution in [0.1, 0.15) is 29.8 Å². The van der Waals surface area contributed by atoms with Gasteiger partial charge in [0.05, 0.1) is 12.2 Å². The highest BCUT2D eigenvalue weighted by molar-refractivity contribution is 5.91. The number of esters is 1. The first kappa shape index (κ1) is 12.2. The van der Waals surface area contributed by atoms with Gasteiger partial charge in [-0.1, -0.05) is 6.07 Å². The smallest absolute Gasteiger partial charge is 0.338 e. The van der Waals surface area contributed by atoms with Gasteiger partial charge in [0.15, 0.2) is 0 Å². The fourth-order valence-electron chi connectivity index (χ4n) is 1.37. The molecule has 4 heteroatoms. The molecule has 1 rings (SSSR count). The number of benzene rings is 1. The van der Waals surface area contributed by atoms with Crippen LogP contribution in [-0.2, 0) is 16.0 Å². The summed E-state index contributed by atoms with van der Waals surface area (Å²) >= 11 is 0. The lowest BCUT2D eigenvalue weighted by Crippen LogP contribution is -2.07. The number of rotatable bonds is 4. The topological polar surface area (TPSA) is 69.4 Å². The molecule has 16 heavy (non-hydrogen) atoms. The normalized spacial score (nSPS) is 9.88. The van der Waals surface area contributed by atoms with Crippen LogP contribution in [0.15, 0.2) is 18.2 Å².